The molecule has 1 aliphatic heterocycles. The van der Waals surface area contributed by atoms with Gasteiger partial charge in [0.25, 0.3) is 0 Å². The monoisotopic (exact) mass is 301 g/mol. The molecule has 1 saturated carbocycles. The fourth-order valence-corrected chi connectivity index (χ4v) is 3.36. The number of rotatable bonds is 4. The molecule has 2 atom stereocenters. The van der Waals surface area contributed by atoms with Crippen molar-refractivity contribution in [3.8, 4) is 0 Å². The number of nitrogens with zero attached hydrogens (tertiary/aromatic N) is 1. The topological polar surface area (TPSA) is 61.4 Å². The summed E-state index contributed by atoms with van der Waals surface area (Å²) in [6.45, 7) is 2.96. The van der Waals surface area contributed by atoms with Gasteiger partial charge in [-0.15, -0.1) is 0 Å². The van der Waals surface area contributed by atoms with Gasteiger partial charge in [-0.1, -0.05) is 18.2 Å². The predicted octanol–water partition coefficient (Wildman–Crippen LogP) is 1.30. The van der Waals surface area contributed by atoms with Crippen molar-refractivity contribution in [3.05, 3.63) is 30.3 Å². The molecule has 0 spiro atoms. The molecular formula is C17H23N3O2. The normalized spacial score (nSPS) is 25.6. The number of amides is 2. The van der Waals surface area contributed by atoms with E-state index in [1.807, 2.05) is 18.2 Å². The minimum Gasteiger partial charge on any atom is -0.367 e. The summed E-state index contributed by atoms with van der Waals surface area (Å²) < 4.78 is 0. The second kappa shape index (κ2) is 5.63. The van der Waals surface area contributed by atoms with Gasteiger partial charge in [-0.2, -0.15) is 0 Å². The van der Waals surface area contributed by atoms with Gasteiger partial charge in [-0.25, -0.2) is 0 Å². The van der Waals surface area contributed by atoms with Crippen molar-refractivity contribution >= 4 is 17.5 Å². The molecule has 2 aliphatic rings. The van der Waals surface area contributed by atoms with Gasteiger partial charge in [0.2, 0.25) is 11.8 Å². The molecule has 118 valence electrons. The summed E-state index contributed by atoms with van der Waals surface area (Å²) in [5, 5.41) is 5.69. The number of hydrogen-bond acceptors (Lipinski definition) is 3. The lowest BCUT2D eigenvalue weighted by Crippen LogP contribution is -2.46. The van der Waals surface area contributed by atoms with Crippen LogP contribution in [0.25, 0.3) is 0 Å². The van der Waals surface area contributed by atoms with Gasteiger partial charge in [0.15, 0.2) is 0 Å². The van der Waals surface area contributed by atoms with Crippen LogP contribution in [0, 0.1) is 5.41 Å². The number of nitrogens with one attached hydrogen (secondary N) is 2. The summed E-state index contributed by atoms with van der Waals surface area (Å²) in [4.78, 5) is 26.6. The molecular weight excluding hydrogens is 278 g/mol. The Morgan fingerprint density at radius 3 is 2.45 bits per heavy atom. The smallest absolute Gasteiger partial charge is 0.235 e. The number of anilines is 1. The van der Waals surface area contributed by atoms with E-state index in [0.717, 1.165) is 13.0 Å². The molecule has 1 saturated heterocycles. The van der Waals surface area contributed by atoms with E-state index in [9.17, 15) is 9.59 Å². The average molecular weight is 301 g/mol. The summed E-state index contributed by atoms with van der Waals surface area (Å²) in [6, 6.07) is 10.7. The van der Waals surface area contributed by atoms with Gasteiger partial charge in [0.1, 0.15) is 5.41 Å². The van der Waals surface area contributed by atoms with Gasteiger partial charge in [-0.3, -0.25) is 9.59 Å². The van der Waals surface area contributed by atoms with Crippen molar-refractivity contribution in [3.63, 3.8) is 0 Å². The van der Waals surface area contributed by atoms with E-state index in [-0.39, 0.29) is 17.9 Å². The Morgan fingerprint density at radius 2 is 1.86 bits per heavy atom. The zero-order valence-corrected chi connectivity index (χ0v) is 13.1. The quantitative estimate of drug-likeness (QED) is 0.824. The number of benzene rings is 1. The molecule has 5 heteroatoms. The van der Waals surface area contributed by atoms with Crippen LogP contribution in [-0.4, -0.2) is 37.5 Å². The molecule has 2 N–H and O–H groups in total. The third kappa shape index (κ3) is 2.56. The van der Waals surface area contributed by atoms with Crippen molar-refractivity contribution in [2.45, 2.75) is 38.3 Å². The summed E-state index contributed by atoms with van der Waals surface area (Å²) in [5.41, 5.74) is 0.372. The van der Waals surface area contributed by atoms with Crippen LogP contribution in [0.15, 0.2) is 30.3 Å². The molecule has 1 aliphatic carbocycles. The van der Waals surface area contributed by atoms with E-state index in [2.05, 4.69) is 34.6 Å². The summed E-state index contributed by atoms with van der Waals surface area (Å²) >= 11 is 0. The first-order valence-electron chi connectivity index (χ1n) is 7.91. The van der Waals surface area contributed by atoms with Crippen molar-refractivity contribution in [2.24, 2.45) is 5.41 Å². The second-order valence-corrected chi connectivity index (χ2v) is 6.40. The molecule has 1 aromatic rings. The number of para-hydroxylation sites is 1. The zero-order chi connectivity index (χ0) is 15.7. The fourth-order valence-electron chi connectivity index (χ4n) is 3.36. The van der Waals surface area contributed by atoms with Crippen LogP contribution in [0.4, 0.5) is 5.69 Å². The average Bonchev–Trinajstić information content (AvgIpc) is 3.27. The van der Waals surface area contributed by atoms with Crippen LogP contribution >= 0.6 is 0 Å². The lowest BCUT2D eigenvalue weighted by atomic mass is 10.0. The molecule has 1 heterocycles. The lowest BCUT2D eigenvalue weighted by Gasteiger charge is -2.23. The van der Waals surface area contributed by atoms with E-state index in [4.69, 9.17) is 0 Å². The SMILES string of the molecule is CNC(=O)C1(C(=O)N[C@@H]2C[C@@H](C)N(c3ccccc3)C2)CC1. The molecule has 0 aromatic heterocycles. The standard InChI is InChI=1S/C17H23N3O2/c1-12-10-13(11-20(12)14-6-4-3-5-7-14)19-16(22)17(8-9-17)15(21)18-2/h3-7,12-13H,8-11H2,1-2H3,(H,18,21)(H,19,22)/t12-,13-/m1/s1. The molecule has 0 bridgehead atoms. The molecule has 2 amide bonds. The van der Waals surface area contributed by atoms with E-state index in [1.54, 1.807) is 7.05 Å². The van der Waals surface area contributed by atoms with Crippen LogP contribution in [0.1, 0.15) is 26.2 Å². The van der Waals surface area contributed by atoms with Crippen LogP contribution in [-0.2, 0) is 9.59 Å². The highest BCUT2D eigenvalue weighted by molar-refractivity contribution is 6.07. The second-order valence-electron chi connectivity index (χ2n) is 6.40. The molecule has 0 radical (unpaired) electrons. The molecule has 2 fully saturated rings. The number of hydrogen-bond donors (Lipinski definition) is 2. The highest BCUT2D eigenvalue weighted by Crippen LogP contribution is 2.46. The van der Waals surface area contributed by atoms with Crippen molar-refractivity contribution in [1.29, 1.82) is 0 Å². The highest BCUT2D eigenvalue weighted by Gasteiger charge is 2.56. The van der Waals surface area contributed by atoms with Gasteiger partial charge >= 0.3 is 0 Å². The Bertz CT molecular complexity index is 569. The maximum atomic E-state index is 12.4. The van der Waals surface area contributed by atoms with Crippen LogP contribution in [0.3, 0.4) is 0 Å². The number of carbonyl (C=O) groups is 2. The summed E-state index contributed by atoms with van der Waals surface area (Å²) in [6.07, 6.45) is 2.22. The van der Waals surface area contributed by atoms with Crippen molar-refractivity contribution < 1.29 is 9.59 Å². The first-order valence-corrected chi connectivity index (χ1v) is 7.91. The minimum absolute atomic E-state index is 0.102. The van der Waals surface area contributed by atoms with Gasteiger partial charge < -0.3 is 15.5 Å². The molecule has 0 unspecified atom stereocenters. The molecule has 5 nitrogen and oxygen atoms in total. The Kier molecular flexibility index (Phi) is 3.81. The predicted molar refractivity (Wildman–Crippen MR) is 85.5 cm³/mol. The van der Waals surface area contributed by atoms with Crippen LogP contribution in [0.5, 0.6) is 0 Å². The fraction of sp³-hybridized carbons (Fsp3) is 0.529. The number of carbonyl (C=O) groups excluding carboxylic acids is 2. The van der Waals surface area contributed by atoms with Gasteiger partial charge in [0.05, 0.1) is 0 Å². The Morgan fingerprint density at radius 1 is 1.18 bits per heavy atom. The van der Waals surface area contributed by atoms with E-state index in [0.29, 0.717) is 18.9 Å². The van der Waals surface area contributed by atoms with Gasteiger partial charge in [0, 0.05) is 31.4 Å². The molecule has 3 rings (SSSR count). The first-order chi connectivity index (χ1) is 10.6. The first kappa shape index (κ1) is 14.9. The molecule has 1 aromatic carbocycles. The Labute approximate surface area is 131 Å². The third-order valence-electron chi connectivity index (χ3n) is 4.84. The highest BCUT2D eigenvalue weighted by atomic mass is 16.2. The van der Waals surface area contributed by atoms with Crippen molar-refractivity contribution in [2.75, 3.05) is 18.5 Å². The summed E-state index contributed by atoms with van der Waals surface area (Å²) in [7, 11) is 1.59. The Hall–Kier alpha value is -2.04. The zero-order valence-electron chi connectivity index (χ0n) is 13.1. The van der Waals surface area contributed by atoms with E-state index < -0.39 is 5.41 Å². The maximum absolute atomic E-state index is 12.4. The van der Waals surface area contributed by atoms with E-state index in [1.165, 1.54) is 5.69 Å². The third-order valence-corrected chi connectivity index (χ3v) is 4.84. The van der Waals surface area contributed by atoms with Gasteiger partial charge in [-0.05, 0) is 38.3 Å². The Balaban J connectivity index is 1.63. The largest absolute Gasteiger partial charge is 0.367 e. The molecule has 22 heavy (non-hydrogen) atoms. The van der Waals surface area contributed by atoms with Crippen LogP contribution in [0.2, 0.25) is 0 Å². The minimum atomic E-state index is -0.807. The lowest BCUT2D eigenvalue weighted by molar-refractivity contribution is -0.137. The summed E-state index contributed by atoms with van der Waals surface area (Å²) in [5.74, 6) is -0.269. The van der Waals surface area contributed by atoms with E-state index >= 15 is 0 Å². The van der Waals surface area contributed by atoms with Crippen LogP contribution < -0.4 is 15.5 Å². The van der Waals surface area contributed by atoms with Crippen molar-refractivity contribution in [1.82, 2.24) is 10.6 Å². The maximum Gasteiger partial charge on any atom is 0.235 e.